The minimum atomic E-state index is -0.859. The normalized spacial score (nSPS) is 13.5. The summed E-state index contributed by atoms with van der Waals surface area (Å²) >= 11 is 5.25. The van der Waals surface area contributed by atoms with Crippen molar-refractivity contribution in [3.8, 4) is 0 Å². The standard InChI is InChI=1S/C6H13ClO3/c1-2-9-3-4-10-6(8)5-7/h6,8H,2-5H2,1H3. The SMILES string of the molecule is CCOCCOC(O)CCl. The van der Waals surface area contributed by atoms with E-state index in [4.69, 9.17) is 26.2 Å². The molecule has 3 nitrogen and oxygen atoms in total. The molecule has 0 heterocycles. The van der Waals surface area contributed by atoms with Gasteiger partial charge in [0.15, 0.2) is 6.29 Å². The number of aliphatic hydroxyl groups excluding tert-OH is 1. The lowest BCUT2D eigenvalue weighted by Crippen LogP contribution is -2.16. The van der Waals surface area contributed by atoms with Gasteiger partial charge in [0.25, 0.3) is 0 Å². The Kier molecular flexibility index (Phi) is 7.40. The molecule has 0 aromatic heterocycles. The third-order valence-electron chi connectivity index (χ3n) is 0.874. The first-order chi connectivity index (χ1) is 4.81. The largest absolute Gasteiger partial charge is 0.379 e. The molecule has 62 valence electrons. The summed E-state index contributed by atoms with van der Waals surface area (Å²) in [5.41, 5.74) is 0. The molecule has 0 aromatic carbocycles. The van der Waals surface area contributed by atoms with E-state index in [1.54, 1.807) is 0 Å². The third kappa shape index (κ3) is 6.29. The number of hydrogen-bond acceptors (Lipinski definition) is 3. The molecule has 0 spiro atoms. The topological polar surface area (TPSA) is 38.7 Å². The smallest absolute Gasteiger partial charge is 0.168 e. The van der Waals surface area contributed by atoms with Crippen molar-refractivity contribution in [3.05, 3.63) is 0 Å². The molecule has 10 heavy (non-hydrogen) atoms. The average molecular weight is 169 g/mol. The van der Waals surface area contributed by atoms with Gasteiger partial charge in [-0.15, -0.1) is 11.6 Å². The highest BCUT2D eigenvalue weighted by atomic mass is 35.5. The van der Waals surface area contributed by atoms with Crippen LogP contribution in [-0.4, -0.2) is 37.1 Å². The van der Waals surface area contributed by atoms with Crippen molar-refractivity contribution in [1.82, 2.24) is 0 Å². The Morgan fingerprint density at radius 1 is 1.50 bits per heavy atom. The summed E-state index contributed by atoms with van der Waals surface area (Å²) < 4.78 is 9.74. The van der Waals surface area contributed by atoms with Crippen LogP contribution in [0.25, 0.3) is 0 Å². The quantitative estimate of drug-likeness (QED) is 0.359. The van der Waals surface area contributed by atoms with Crippen LogP contribution in [0.5, 0.6) is 0 Å². The molecule has 1 N–H and O–H groups in total. The van der Waals surface area contributed by atoms with Crippen LogP contribution in [0.4, 0.5) is 0 Å². The highest BCUT2D eigenvalue weighted by molar-refractivity contribution is 6.18. The summed E-state index contributed by atoms with van der Waals surface area (Å²) in [7, 11) is 0. The first kappa shape index (κ1) is 10.2. The average Bonchev–Trinajstić information content (AvgIpc) is 1.98. The maximum absolute atomic E-state index is 8.75. The van der Waals surface area contributed by atoms with Gasteiger partial charge in [0.1, 0.15) is 0 Å². The molecule has 0 bridgehead atoms. The van der Waals surface area contributed by atoms with E-state index < -0.39 is 6.29 Å². The number of aliphatic hydroxyl groups is 1. The van der Waals surface area contributed by atoms with Crippen molar-refractivity contribution in [2.24, 2.45) is 0 Å². The molecule has 0 aliphatic rings. The summed E-state index contributed by atoms with van der Waals surface area (Å²) in [6, 6.07) is 0. The monoisotopic (exact) mass is 168 g/mol. The van der Waals surface area contributed by atoms with Gasteiger partial charge in [-0.1, -0.05) is 0 Å². The predicted octanol–water partition coefficient (Wildman–Crippen LogP) is 0.597. The van der Waals surface area contributed by atoms with E-state index in [0.29, 0.717) is 19.8 Å². The minimum Gasteiger partial charge on any atom is -0.379 e. The molecule has 0 saturated heterocycles. The fourth-order valence-electron chi connectivity index (χ4n) is 0.432. The number of rotatable bonds is 6. The van der Waals surface area contributed by atoms with Crippen LogP contribution in [0.3, 0.4) is 0 Å². The van der Waals surface area contributed by atoms with Crippen molar-refractivity contribution in [2.45, 2.75) is 13.2 Å². The van der Waals surface area contributed by atoms with Crippen LogP contribution in [0.2, 0.25) is 0 Å². The Hall–Kier alpha value is 0.170. The Morgan fingerprint density at radius 3 is 2.70 bits per heavy atom. The number of halogens is 1. The second kappa shape index (κ2) is 7.28. The van der Waals surface area contributed by atoms with E-state index in [0.717, 1.165) is 0 Å². The number of ether oxygens (including phenoxy) is 2. The summed E-state index contributed by atoms with van der Waals surface area (Å²) in [6.45, 7) is 3.46. The van der Waals surface area contributed by atoms with E-state index in [-0.39, 0.29) is 5.88 Å². The zero-order valence-corrected chi connectivity index (χ0v) is 6.80. The molecule has 4 heteroatoms. The van der Waals surface area contributed by atoms with Crippen molar-refractivity contribution >= 4 is 11.6 Å². The van der Waals surface area contributed by atoms with E-state index >= 15 is 0 Å². The van der Waals surface area contributed by atoms with Crippen molar-refractivity contribution in [1.29, 1.82) is 0 Å². The van der Waals surface area contributed by atoms with Crippen LogP contribution >= 0.6 is 11.6 Å². The molecule has 0 radical (unpaired) electrons. The zero-order chi connectivity index (χ0) is 7.82. The first-order valence-electron chi connectivity index (χ1n) is 3.24. The predicted molar refractivity (Wildman–Crippen MR) is 39.2 cm³/mol. The lowest BCUT2D eigenvalue weighted by molar-refractivity contribution is -0.0964. The maximum Gasteiger partial charge on any atom is 0.168 e. The van der Waals surface area contributed by atoms with Crippen LogP contribution in [-0.2, 0) is 9.47 Å². The third-order valence-corrected chi connectivity index (χ3v) is 1.14. The lowest BCUT2D eigenvalue weighted by Gasteiger charge is -2.07. The molecule has 0 amide bonds. The molecule has 0 aliphatic carbocycles. The summed E-state index contributed by atoms with van der Waals surface area (Å²) in [5, 5.41) is 8.75. The minimum absolute atomic E-state index is 0.103. The van der Waals surface area contributed by atoms with Crippen LogP contribution in [0.1, 0.15) is 6.92 Å². The van der Waals surface area contributed by atoms with E-state index in [2.05, 4.69) is 0 Å². The van der Waals surface area contributed by atoms with Gasteiger partial charge in [0, 0.05) is 6.61 Å². The first-order valence-corrected chi connectivity index (χ1v) is 3.78. The molecule has 0 saturated carbocycles. The van der Waals surface area contributed by atoms with Crippen molar-refractivity contribution < 1.29 is 14.6 Å². The molecular weight excluding hydrogens is 156 g/mol. The fraction of sp³-hybridized carbons (Fsp3) is 1.00. The van der Waals surface area contributed by atoms with Gasteiger partial charge in [0.2, 0.25) is 0 Å². The molecular formula is C6H13ClO3. The van der Waals surface area contributed by atoms with Gasteiger partial charge in [-0.2, -0.15) is 0 Å². The Bertz CT molecular complexity index is 70.0. The van der Waals surface area contributed by atoms with Crippen LogP contribution in [0.15, 0.2) is 0 Å². The van der Waals surface area contributed by atoms with Crippen molar-refractivity contribution in [3.63, 3.8) is 0 Å². The molecule has 0 rings (SSSR count). The van der Waals surface area contributed by atoms with E-state index in [9.17, 15) is 0 Å². The zero-order valence-electron chi connectivity index (χ0n) is 6.05. The highest BCUT2D eigenvalue weighted by Crippen LogP contribution is 1.89. The summed E-state index contributed by atoms with van der Waals surface area (Å²) in [4.78, 5) is 0. The van der Waals surface area contributed by atoms with Crippen LogP contribution < -0.4 is 0 Å². The van der Waals surface area contributed by atoms with Gasteiger partial charge < -0.3 is 14.6 Å². The Labute approximate surface area is 65.9 Å². The van der Waals surface area contributed by atoms with Crippen LogP contribution in [0, 0.1) is 0 Å². The Balaban J connectivity index is 2.89. The number of alkyl halides is 1. The maximum atomic E-state index is 8.75. The van der Waals surface area contributed by atoms with Gasteiger partial charge in [-0.05, 0) is 6.92 Å². The Morgan fingerprint density at radius 2 is 2.20 bits per heavy atom. The second-order valence-electron chi connectivity index (χ2n) is 1.68. The lowest BCUT2D eigenvalue weighted by atomic mass is 10.7. The van der Waals surface area contributed by atoms with Gasteiger partial charge >= 0.3 is 0 Å². The van der Waals surface area contributed by atoms with Gasteiger partial charge in [0.05, 0.1) is 19.1 Å². The number of hydrogen-bond donors (Lipinski definition) is 1. The van der Waals surface area contributed by atoms with E-state index in [1.165, 1.54) is 0 Å². The molecule has 1 unspecified atom stereocenters. The van der Waals surface area contributed by atoms with E-state index in [1.807, 2.05) is 6.92 Å². The molecule has 0 fully saturated rings. The molecule has 0 aliphatic heterocycles. The molecule has 0 aromatic rings. The molecule has 1 atom stereocenters. The van der Waals surface area contributed by atoms with Gasteiger partial charge in [-0.3, -0.25) is 0 Å². The van der Waals surface area contributed by atoms with Crippen molar-refractivity contribution in [2.75, 3.05) is 25.7 Å². The summed E-state index contributed by atoms with van der Waals surface area (Å²) in [6.07, 6.45) is -0.859. The second-order valence-corrected chi connectivity index (χ2v) is 1.99. The van der Waals surface area contributed by atoms with Gasteiger partial charge in [-0.25, -0.2) is 0 Å². The fourth-order valence-corrected chi connectivity index (χ4v) is 0.521. The summed E-state index contributed by atoms with van der Waals surface area (Å²) in [5.74, 6) is 0.103. The highest BCUT2D eigenvalue weighted by Gasteiger charge is 1.98.